The van der Waals surface area contributed by atoms with E-state index in [0.29, 0.717) is 49.8 Å². The third-order valence-corrected chi connectivity index (χ3v) is 24.8. The molecule has 127 heavy (non-hydrogen) atoms. The number of amides is 10. The maximum atomic E-state index is 18.0. The summed E-state index contributed by atoms with van der Waals surface area (Å²) in [5.41, 5.74) is -0.0777. The van der Waals surface area contributed by atoms with Gasteiger partial charge in [0.05, 0.1) is 83.9 Å². The number of halogens is 2. The summed E-state index contributed by atoms with van der Waals surface area (Å²) in [6.07, 6.45) is -4.13. The highest BCUT2D eigenvalue weighted by Gasteiger charge is 2.80. The average Bonchev–Trinajstić information content (AvgIpc) is 1.55. The summed E-state index contributed by atoms with van der Waals surface area (Å²) < 4.78 is 92.8. The summed E-state index contributed by atoms with van der Waals surface area (Å²) in [7, 11) is 0. The van der Waals surface area contributed by atoms with Crippen LogP contribution in [0.5, 0.6) is 5.75 Å². The zero-order valence-corrected chi connectivity index (χ0v) is 72.2. The average molecular weight is 1790 g/mol. The molecule has 5 aliphatic carbocycles. The maximum absolute atomic E-state index is 18.0. The molecule has 40 heteroatoms. The number of alkyl halides is 2. The number of Topliss-reactive ketones (excluding diaryl/α,β-unsaturated/α-hetero) is 1. The molecular formula is C87H122F2N12O26. The lowest BCUT2D eigenvalue weighted by Gasteiger charge is -2.63. The Balaban J connectivity index is 0.700. The molecule has 10 rings (SSSR count). The van der Waals surface area contributed by atoms with E-state index in [9.17, 15) is 78.3 Å². The van der Waals surface area contributed by atoms with Crippen LogP contribution in [0.1, 0.15) is 143 Å². The highest BCUT2D eigenvalue weighted by atomic mass is 19.1. The van der Waals surface area contributed by atoms with Gasteiger partial charge in [0.2, 0.25) is 35.3 Å². The zero-order chi connectivity index (χ0) is 91.8. The number of fused-ring (bicyclic) bond motifs is 7. The van der Waals surface area contributed by atoms with Crippen molar-refractivity contribution >= 4 is 87.8 Å². The molecule has 6 fully saturated rings. The standard InChI is InChI=1S/C87H122F2N12O26/c1-6-13-72-126-67-44-56-57-43-59(88)58-42-54(103)28-30-84(58,4)86(57,89)65(104)45-85(56,5)87(67,127-72)66(105)48-122-55-24-22-53(23-25-55)95-83(117)124-47-51-18-20-52(21-19-51)94-78(113)62(16-12-32-93-82(90)116)97-80(115)73(50(2)3)99-79(114)61(96-68(106)29-34-118-36-38-120-40-41-121-39-37-119-35-33-101-70(108)26-27-71(101)109)15-10-11-31-92-69(107)49-123-63-17-9-7-8-14-60(74(63)100-91)98-81-77(112)76(111)75(110)64(46-102)125-81/h18-28,30,42,50,56-57,59,61-65,67,72-73,75-77,81,102,104,110-112H,6-17,29,31-41,43-49,91H2,1-5H3,(H,92,107)(H,94,113)(H,95,117)(H,96,106)(H,97,115)(H,99,114)(H3,90,93,116)/t56-,57-,59-,61+,62-,63?,64+,65-,67+,72?,73-,75-,76-,77+,81+,84-,85-,86-,87+/m0/s1. The second kappa shape index (κ2) is 46.5. The number of ether oxygens (including phenoxy) is 10. The molecule has 8 aliphatic rings. The van der Waals surface area contributed by atoms with Gasteiger partial charge in [-0.1, -0.05) is 65.2 Å². The number of aliphatic imine (C=N–C) groups is 1. The van der Waals surface area contributed by atoms with Gasteiger partial charge in [-0.2, -0.15) is 5.10 Å². The van der Waals surface area contributed by atoms with Gasteiger partial charge in [0.25, 0.3) is 11.8 Å². The Labute approximate surface area is 734 Å². The van der Waals surface area contributed by atoms with Crippen LogP contribution in [-0.4, -0.2) is 290 Å². The number of carbonyl (C=O) groups is 11. The number of hydrogen-bond donors (Lipinski definition) is 14. The van der Waals surface area contributed by atoms with Crippen LogP contribution in [0.3, 0.4) is 0 Å². The number of benzene rings is 2. The minimum absolute atomic E-state index is 0.0116. The van der Waals surface area contributed by atoms with Gasteiger partial charge in [0, 0.05) is 59.8 Å². The predicted molar refractivity (Wildman–Crippen MR) is 451 cm³/mol. The number of unbranched alkanes of at least 4 members (excludes halogenated alkanes) is 1. The first-order valence-corrected chi connectivity index (χ1v) is 43.5. The number of urea groups is 1. The number of nitrogens with one attached hydrogen (secondary N) is 7. The van der Waals surface area contributed by atoms with Crippen molar-refractivity contribution in [2.24, 2.45) is 50.3 Å². The molecule has 2 unspecified atom stereocenters. The number of primary amides is 1. The highest BCUT2D eigenvalue weighted by Crippen LogP contribution is 2.72. The molecule has 700 valence electrons. The number of aliphatic hydroxyl groups excluding tert-OH is 5. The number of allylic oxidation sites excluding steroid dienone is 4. The summed E-state index contributed by atoms with van der Waals surface area (Å²) in [4.78, 5) is 151. The van der Waals surface area contributed by atoms with E-state index in [2.05, 4.69) is 47.3 Å². The summed E-state index contributed by atoms with van der Waals surface area (Å²) in [6.45, 7) is 8.18. The minimum Gasteiger partial charge on any atom is -0.486 e. The number of nitrogens with zero attached hydrogens (tertiary/aromatic N) is 3. The Morgan fingerprint density at radius 3 is 2.03 bits per heavy atom. The van der Waals surface area contributed by atoms with Crippen LogP contribution in [0.2, 0.25) is 0 Å². The van der Waals surface area contributed by atoms with Crippen LogP contribution in [0.4, 0.5) is 29.7 Å². The Kier molecular flexibility index (Phi) is 36.4. The van der Waals surface area contributed by atoms with Crippen molar-refractivity contribution in [3.63, 3.8) is 0 Å². The number of anilines is 2. The van der Waals surface area contributed by atoms with Crippen molar-refractivity contribution in [3.8, 4) is 5.75 Å². The second-order valence-corrected chi connectivity index (χ2v) is 33.7. The predicted octanol–water partition coefficient (Wildman–Crippen LogP) is 2.66. The molecule has 2 saturated heterocycles. The molecule has 0 spiro atoms. The van der Waals surface area contributed by atoms with Gasteiger partial charge in [0.15, 0.2) is 29.6 Å². The summed E-state index contributed by atoms with van der Waals surface area (Å²) in [6, 6.07) is 7.69. The van der Waals surface area contributed by atoms with Crippen molar-refractivity contribution in [2.45, 2.75) is 235 Å². The first kappa shape index (κ1) is 99.5. The van der Waals surface area contributed by atoms with E-state index in [1.54, 1.807) is 32.9 Å². The van der Waals surface area contributed by atoms with Gasteiger partial charge in [-0.3, -0.25) is 58.4 Å². The van der Waals surface area contributed by atoms with Crippen molar-refractivity contribution in [2.75, 3.05) is 103 Å². The molecule has 19 atom stereocenters. The number of hydrogen-bond acceptors (Lipinski definition) is 29. The van der Waals surface area contributed by atoms with Crippen molar-refractivity contribution < 1.29 is 134 Å². The molecule has 2 aromatic carbocycles. The van der Waals surface area contributed by atoms with E-state index < -0.39 is 204 Å². The highest BCUT2D eigenvalue weighted by molar-refractivity contribution is 6.44. The van der Waals surface area contributed by atoms with Gasteiger partial charge in [-0.25, -0.2) is 18.4 Å². The number of ketones is 2. The van der Waals surface area contributed by atoms with Crippen LogP contribution in [0.15, 0.2) is 94.6 Å². The van der Waals surface area contributed by atoms with Crippen LogP contribution in [0.25, 0.3) is 0 Å². The van der Waals surface area contributed by atoms with E-state index in [1.807, 2.05) is 6.92 Å². The number of carbonyl (C=O) groups excluding carboxylic acids is 11. The number of aliphatic hydroxyl groups is 5. The van der Waals surface area contributed by atoms with Crippen molar-refractivity contribution in [3.05, 3.63) is 90.0 Å². The lowest BCUT2D eigenvalue weighted by Crippen LogP contribution is -2.71. The fourth-order valence-corrected chi connectivity index (χ4v) is 18.1. The van der Waals surface area contributed by atoms with Gasteiger partial charge in [0.1, 0.15) is 86.1 Å². The lowest BCUT2D eigenvalue weighted by atomic mass is 9.44. The normalized spacial score (nSPS) is 29.2. The van der Waals surface area contributed by atoms with Gasteiger partial charge in [-0.05, 0) is 155 Å². The van der Waals surface area contributed by atoms with Crippen LogP contribution >= 0.6 is 0 Å². The van der Waals surface area contributed by atoms with Crippen molar-refractivity contribution in [1.82, 2.24) is 31.5 Å². The molecule has 0 bridgehead atoms. The smallest absolute Gasteiger partial charge is 0.411 e. The molecule has 2 aromatic rings. The third-order valence-electron chi connectivity index (χ3n) is 24.8. The maximum Gasteiger partial charge on any atom is 0.411 e. The number of rotatable bonds is 46. The Hall–Kier alpha value is -9.69. The monoisotopic (exact) mass is 1790 g/mol. The van der Waals surface area contributed by atoms with Crippen LogP contribution in [-0.2, 0) is 92.4 Å². The Bertz CT molecular complexity index is 4300. The van der Waals surface area contributed by atoms with Crippen molar-refractivity contribution in [1.29, 1.82) is 0 Å². The molecule has 10 amide bonds. The largest absolute Gasteiger partial charge is 0.486 e. The van der Waals surface area contributed by atoms with E-state index in [0.717, 1.165) is 17.4 Å². The Morgan fingerprint density at radius 2 is 1.36 bits per heavy atom. The SMILES string of the molecule is CCCC1O[C@@H]2C[C@H]3[C@@H]4C[C@H](F)C5=CC(=O)C=C[C@]5(C)[C@@]4(F)[C@@H](O)C[C@]3(C)[C@]2(C(=O)COc2ccc(NC(=O)OCc3ccc(NC(=O)[C@H](CCCNC(N)=O)NC(=O)[C@@H](NC(=O)[C@@H](CCCCNC(=O)COC4CCCCCC(=N[C@@H]5O[C@H](CO)[C@H](O)[C@H](O)[C@H]5O)C4=NN)NC(=O)CCOCCOCCOCCOCCN4C(=O)C=CC4=O)C(C)C)cc3)cc2)O1. The van der Waals surface area contributed by atoms with E-state index >= 15 is 8.78 Å². The molecule has 3 heterocycles. The second-order valence-electron chi connectivity index (χ2n) is 33.7. The molecular weight excluding hydrogens is 1670 g/mol. The molecule has 38 nitrogen and oxygen atoms in total. The first-order chi connectivity index (χ1) is 60.8. The lowest BCUT2D eigenvalue weighted by molar-refractivity contribution is -0.234. The van der Waals surface area contributed by atoms with Crippen LogP contribution in [0, 0.1) is 28.6 Å². The molecule has 3 aliphatic heterocycles. The quantitative estimate of drug-likeness (QED) is 0.0196. The molecule has 0 aromatic heterocycles. The first-order valence-electron chi connectivity index (χ1n) is 43.5. The van der Waals surface area contributed by atoms with E-state index in [-0.39, 0.29) is 165 Å². The molecule has 16 N–H and O–H groups in total. The third kappa shape index (κ3) is 24.8. The number of hydrazone groups is 1. The fourth-order valence-electron chi connectivity index (χ4n) is 18.1. The van der Waals surface area contributed by atoms with Crippen LogP contribution < -0.4 is 53.5 Å². The van der Waals surface area contributed by atoms with Gasteiger partial charge >= 0.3 is 12.1 Å². The topological polar surface area (TPSA) is 545 Å². The number of imide groups is 1. The number of nitrogens with two attached hydrogens (primary N) is 2. The minimum atomic E-state index is -2.38. The van der Waals surface area contributed by atoms with Gasteiger partial charge < -0.3 is 116 Å². The molecule has 0 radical (unpaired) electrons. The van der Waals surface area contributed by atoms with E-state index in [1.165, 1.54) is 67.6 Å². The summed E-state index contributed by atoms with van der Waals surface area (Å²) >= 11 is 0. The summed E-state index contributed by atoms with van der Waals surface area (Å²) in [5.74, 6) is -1.30. The Morgan fingerprint density at radius 1 is 0.709 bits per heavy atom. The fraction of sp³-hybridized carbons (Fsp3) is 0.644. The van der Waals surface area contributed by atoms with E-state index in [4.69, 9.17) is 58.9 Å². The van der Waals surface area contributed by atoms with Gasteiger partial charge in [-0.15, -0.1) is 0 Å². The molecule has 4 saturated carbocycles. The summed E-state index contributed by atoms with van der Waals surface area (Å²) in [5, 5.41) is 76.1. The zero-order valence-electron chi connectivity index (χ0n) is 72.2.